The van der Waals surface area contributed by atoms with E-state index in [4.69, 9.17) is 0 Å². The first-order chi connectivity index (χ1) is 15.0. The lowest BCUT2D eigenvalue weighted by Gasteiger charge is -2.43. The summed E-state index contributed by atoms with van der Waals surface area (Å²) in [5.74, 6) is -0.0740. The monoisotopic (exact) mass is 420 g/mol. The summed E-state index contributed by atoms with van der Waals surface area (Å²) < 4.78 is 0. The van der Waals surface area contributed by atoms with Crippen molar-refractivity contribution >= 4 is 5.97 Å². The third-order valence-corrected chi connectivity index (χ3v) is 7.94. The summed E-state index contributed by atoms with van der Waals surface area (Å²) in [6.07, 6.45) is 11.3. The third kappa shape index (κ3) is 6.69. The zero-order valence-corrected chi connectivity index (χ0v) is 19.4. The van der Waals surface area contributed by atoms with E-state index in [0.29, 0.717) is 12.3 Å². The largest absolute Gasteiger partial charge is 0.481 e. The standard InChI is InChI=1S/C29H40O2/c1-3-29(2,20-19-23-13-7-4-8-14-23)27(22-25-17-11-6-12-18-25)26(28(30)31)21-24-15-9-5-10-16-24/h4-5,7-10,13-16,25-27H,3,6,11-12,17-22H2,1-2H3,(H,30,31). The van der Waals surface area contributed by atoms with Crippen LogP contribution < -0.4 is 0 Å². The highest BCUT2D eigenvalue weighted by Crippen LogP contribution is 2.46. The van der Waals surface area contributed by atoms with Crippen LogP contribution >= 0.6 is 0 Å². The molecular weight excluding hydrogens is 380 g/mol. The Kier molecular flexibility index (Phi) is 8.75. The zero-order valence-electron chi connectivity index (χ0n) is 19.4. The molecule has 1 aliphatic rings. The van der Waals surface area contributed by atoms with Gasteiger partial charge in [0.25, 0.3) is 0 Å². The van der Waals surface area contributed by atoms with Crippen LogP contribution in [0.5, 0.6) is 0 Å². The predicted molar refractivity (Wildman–Crippen MR) is 129 cm³/mol. The average molecular weight is 421 g/mol. The highest BCUT2D eigenvalue weighted by Gasteiger charge is 2.42. The van der Waals surface area contributed by atoms with Crippen molar-refractivity contribution < 1.29 is 9.90 Å². The molecule has 1 aliphatic carbocycles. The molecule has 0 aromatic heterocycles. The van der Waals surface area contributed by atoms with E-state index < -0.39 is 5.97 Å². The van der Waals surface area contributed by atoms with E-state index in [2.05, 4.69) is 56.3 Å². The topological polar surface area (TPSA) is 37.3 Å². The summed E-state index contributed by atoms with van der Waals surface area (Å²) in [6, 6.07) is 20.9. The van der Waals surface area contributed by atoms with E-state index >= 15 is 0 Å². The molecule has 0 spiro atoms. The molecule has 3 unspecified atom stereocenters. The molecule has 0 aliphatic heterocycles. The van der Waals surface area contributed by atoms with Gasteiger partial charge in [0.1, 0.15) is 0 Å². The number of benzene rings is 2. The minimum Gasteiger partial charge on any atom is -0.481 e. The smallest absolute Gasteiger partial charge is 0.307 e. The third-order valence-electron chi connectivity index (χ3n) is 7.94. The van der Waals surface area contributed by atoms with Gasteiger partial charge < -0.3 is 5.11 Å². The van der Waals surface area contributed by atoms with Crippen LogP contribution in [0, 0.1) is 23.2 Å². The highest BCUT2D eigenvalue weighted by atomic mass is 16.4. The van der Waals surface area contributed by atoms with E-state index in [1.54, 1.807) is 0 Å². The molecule has 0 bridgehead atoms. The van der Waals surface area contributed by atoms with Gasteiger partial charge in [-0.2, -0.15) is 0 Å². The second-order valence-corrected chi connectivity index (χ2v) is 9.97. The Bertz CT molecular complexity index is 779. The van der Waals surface area contributed by atoms with Gasteiger partial charge in [0.2, 0.25) is 0 Å². The number of carboxylic acids is 1. The summed E-state index contributed by atoms with van der Waals surface area (Å²) in [7, 11) is 0. The van der Waals surface area contributed by atoms with Gasteiger partial charge in [-0.1, -0.05) is 113 Å². The van der Waals surface area contributed by atoms with Crippen molar-refractivity contribution in [1.82, 2.24) is 0 Å². The van der Waals surface area contributed by atoms with Crippen molar-refractivity contribution in [3.63, 3.8) is 0 Å². The molecular formula is C29H40O2. The number of hydrogen-bond acceptors (Lipinski definition) is 1. The lowest BCUT2D eigenvalue weighted by Crippen LogP contribution is -2.39. The van der Waals surface area contributed by atoms with Crippen molar-refractivity contribution in [1.29, 1.82) is 0 Å². The molecule has 3 rings (SSSR count). The van der Waals surface area contributed by atoms with Crippen molar-refractivity contribution in [2.45, 2.75) is 78.1 Å². The van der Waals surface area contributed by atoms with Crippen LogP contribution in [-0.4, -0.2) is 11.1 Å². The summed E-state index contributed by atoms with van der Waals surface area (Å²) >= 11 is 0. The lowest BCUT2D eigenvalue weighted by molar-refractivity contribution is -0.146. The molecule has 0 radical (unpaired) electrons. The van der Waals surface area contributed by atoms with Crippen molar-refractivity contribution in [3.8, 4) is 0 Å². The maximum Gasteiger partial charge on any atom is 0.307 e. The normalized spacial score (nSPS) is 18.8. The SMILES string of the molecule is CCC(C)(CCc1ccccc1)C(CC1CCCCC1)C(Cc1ccccc1)C(=O)O. The van der Waals surface area contributed by atoms with Crippen LogP contribution in [0.15, 0.2) is 60.7 Å². The second-order valence-electron chi connectivity index (χ2n) is 9.97. The first-order valence-electron chi connectivity index (χ1n) is 12.3. The van der Waals surface area contributed by atoms with Crippen LogP contribution in [0.4, 0.5) is 0 Å². The summed E-state index contributed by atoms with van der Waals surface area (Å²) in [4.78, 5) is 12.6. The van der Waals surface area contributed by atoms with E-state index in [-0.39, 0.29) is 17.3 Å². The van der Waals surface area contributed by atoms with Crippen molar-refractivity contribution in [2.75, 3.05) is 0 Å². The molecule has 0 heterocycles. The summed E-state index contributed by atoms with van der Waals surface area (Å²) in [5, 5.41) is 10.4. The van der Waals surface area contributed by atoms with Gasteiger partial charge >= 0.3 is 5.97 Å². The van der Waals surface area contributed by atoms with Crippen molar-refractivity contribution in [3.05, 3.63) is 71.8 Å². The molecule has 2 nitrogen and oxygen atoms in total. The Morgan fingerprint density at radius 1 is 0.968 bits per heavy atom. The van der Waals surface area contributed by atoms with Gasteiger partial charge in [-0.15, -0.1) is 0 Å². The van der Waals surface area contributed by atoms with Gasteiger partial charge in [-0.25, -0.2) is 0 Å². The maximum atomic E-state index is 12.6. The molecule has 3 atom stereocenters. The molecule has 1 N–H and O–H groups in total. The second kappa shape index (κ2) is 11.5. The number of aliphatic carboxylic acids is 1. The van der Waals surface area contributed by atoms with Crippen LogP contribution in [0.3, 0.4) is 0 Å². The molecule has 168 valence electrons. The van der Waals surface area contributed by atoms with Crippen LogP contribution in [0.25, 0.3) is 0 Å². The fraction of sp³-hybridized carbons (Fsp3) is 0.552. The molecule has 0 saturated heterocycles. The zero-order chi connectivity index (χ0) is 22.1. The average Bonchev–Trinajstić information content (AvgIpc) is 2.81. The van der Waals surface area contributed by atoms with Gasteiger partial charge in [-0.3, -0.25) is 4.79 Å². The minimum atomic E-state index is -0.621. The molecule has 31 heavy (non-hydrogen) atoms. The predicted octanol–water partition coefficient (Wildman–Crippen LogP) is 7.57. The fourth-order valence-electron chi connectivity index (χ4n) is 5.69. The number of hydrogen-bond donors (Lipinski definition) is 1. The van der Waals surface area contributed by atoms with Crippen LogP contribution in [0.2, 0.25) is 0 Å². The van der Waals surface area contributed by atoms with Gasteiger partial charge in [0.05, 0.1) is 5.92 Å². The van der Waals surface area contributed by atoms with E-state index in [9.17, 15) is 9.90 Å². The first-order valence-corrected chi connectivity index (χ1v) is 12.3. The van der Waals surface area contributed by atoms with E-state index in [1.165, 1.54) is 37.7 Å². The van der Waals surface area contributed by atoms with Crippen LogP contribution in [0.1, 0.15) is 76.3 Å². The molecule has 0 amide bonds. The Morgan fingerprint density at radius 2 is 1.55 bits per heavy atom. The minimum absolute atomic E-state index is 0.0190. The number of aryl methyl sites for hydroxylation is 1. The first kappa shape index (κ1) is 23.6. The van der Waals surface area contributed by atoms with Crippen molar-refractivity contribution in [2.24, 2.45) is 23.2 Å². The Hall–Kier alpha value is -2.09. The van der Waals surface area contributed by atoms with E-state index in [1.807, 2.05) is 18.2 Å². The van der Waals surface area contributed by atoms with Crippen LogP contribution in [-0.2, 0) is 17.6 Å². The Morgan fingerprint density at radius 3 is 2.10 bits per heavy atom. The lowest BCUT2D eigenvalue weighted by atomic mass is 9.61. The quantitative estimate of drug-likeness (QED) is 0.407. The molecule has 2 aromatic carbocycles. The van der Waals surface area contributed by atoms with Gasteiger partial charge in [-0.05, 0) is 54.1 Å². The number of carbonyl (C=O) groups is 1. The summed E-state index contributed by atoms with van der Waals surface area (Å²) in [5.41, 5.74) is 2.52. The molecule has 2 aromatic rings. The molecule has 2 heteroatoms. The fourth-order valence-corrected chi connectivity index (χ4v) is 5.69. The Balaban J connectivity index is 1.86. The highest BCUT2D eigenvalue weighted by molar-refractivity contribution is 5.71. The van der Waals surface area contributed by atoms with Gasteiger partial charge in [0.15, 0.2) is 0 Å². The van der Waals surface area contributed by atoms with Gasteiger partial charge in [0, 0.05) is 0 Å². The Labute approximate surface area is 189 Å². The van der Waals surface area contributed by atoms with E-state index in [0.717, 1.165) is 31.2 Å². The molecule has 1 saturated carbocycles. The number of rotatable bonds is 11. The number of carboxylic acid groups (broad SMARTS) is 1. The maximum absolute atomic E-state index is 12.6. The summed E-state index contributed by atoms with van der Waals surface area (Å²) in [6.45, 7) is 4.63. The molecule has 1 fully saturated rings.